The second-order valence-electron chi connectivity index (χ2n) is 5.07. The van der Waals surface area contributed by atoms with Crippen molar-refractivity contribution in [1.29, 1.82) is 0 Å². The maximum Gasteiger partial charge on any atom is 0.387 e. The summed E-state index contributed by atoms with van der Waals surface area (Å²) in [6.07, 6.45) is 2.60. The second-order valence-corrected chi connectivity index (χ2v) is 5.51. The Bertz CT molecular complexity index is 842. The van der Waals surface area contributed by atoms with E-state index in [0.29, 0.717) is 16.3 Å². The molecule has 2 aromatic rings. The van der Waals surface area contributed by atoms with Crippen molar-refractivity contribution in [3.63, 3.8) is 0 Å². The van der Waals surface area contributed by atoms with Crippen LogP contribution in [0.4, 0.5) is 8.78 Å². The van der Waals surface area contributed by atoms with Gasteiger partial charge in [0.15, 0.2) is 0 Å². The lowest BCUT2D eigenvalue weighted by Gasteiger charge is -2.09. The van der Waals surface area contributed by atoms with Crippen molar-refractivity contribution in [1.82, 2.24) is 10.9 Å². The molecule has 0 aliphatic heterocycles. The SMILES string of the molecule is COc1ccc(Cl)cc1C(=O)NNC(=O)/C=C/c1ccc(OC(F)F)cc1. The number of benzene rings is 2. The molecule has 0 unspecified atom stereocenters. The number of halogens is 3. The molecule has 0 atom stereocenters. The minimum absolute atomic E-state index is 0.00864. The molecule has 0 aromatic heterocycles. The van der Waals surface area contributed by atoms with E-state index in [4.69, 9.17) is 16.3 Å². The summed E-state index contributed by atoms with van der Waals surface area (Å²) in [6.45, 7) is -2.90. The molecule has 0 saturated carbocycles. The number of ether oxygens (including phenoxy) is 2. The van der Waals surface area contributed by atoms with Crippen molar-refractivity contribution in [2.45, 2.75) is 6.61 Å². The van der Waals surface area contributed by atoms with Crippen molar-refractivity contribution in [2.75, 3.05) is 7.11 Å². The number of alkyl halides is 2. The molecule has 0 heterocycles. The fourth-order valence-electron chi connectivity index (χ4n) is 2.02. The molecule has 6 nitrogen and oxygen atoms in total. The van der Waals surface area contributed by atoms with E-state index in [1.165, 1.54) is 55.7 Å². The first-order chi connectivity index (χ1) is 12.9. The highest BCUT2D eigenvalue weighted by Crippen LogP contribution is 2.22. The van der Waals surface area contributed by atoms with Crippen molar-refractivity contribution < 1.29 is 27.8 Å². The quantitative estimate of drug-likeness (QED) is 0.579. The summed E-state index contributed by atoms with van der Waals surface area (Å²) >= 11 is 5.85. The monoisotopic (exact) mass is 396 g/mol. The van der Waals surface area contributed by atoms with E-state index in [0.717, 1.165) is 0 Å². The Kier molecular flexibility index (Phi) is 7.13. The molecule has 2 amide bonds. The number of hydrogen-bond acceptors (Lipinski definition) is 4. The van der Waals surface area contributed by atoms with Crippen LogP contribution in [-0.2, 0) is 4.79 Å². The van der Waals surface area contributed by atoms with Gasteiger partial charge in [-0.2, -0.15) is 8.78 Å². The maximum atomic E-state index is 12.1. The minimum Gasteiger partial charge on any atom is -0.496 e. The number of hydrogen-bond donors (Lipinski definition) is 2. The van der Waals surface area contributed by atoms with Gasteiger partial charge < -0.3 is 9.47 Å². The molecule has 9 heteroatoms. The minimum atomic E-state index is -2.90. The van der Waals surface area contributed by atoms with Gasteiger partial charge in [-0.1, -0.05) is 23.7 Å². The van der Waals surface area contributed by atoms with Gasteiger partial charge in [-0.05, 0) is 42.0 Å². The molecule has 0 saturated heterocycles. The molecule has 0 aliphatic carbocycles. The van der Waals surface area contributed by atoms with E-state index in [2.05, 4.69) is 15.6 Å². The van der Waals surface area contributed by atoms with Gasteiger partial charge in [-0.25, -0.2) is 0 Å². The lowest BCUT2D eigenvalue weighted by molar-refractivity contribution is -0.117. The number of nitrogens with one attached hydrogen (secondary N) is 2. The standard InChI is InChI=1S/C18H15ClF2N2O4/c1-26-15-8-5-12(19)10-14(15)17(25)23-22-16(24)9-4-11-2-6-13(7-3-11)27-18(20)21/h2-10,18H,1H3,(H,22,24)(H,23,25)/b9-4+. The smallest absolute Gasteiger partial charge is 0.387 e. The largest absolute Gasteiger partial charge is 0.496 e. The highest BCUT2D eigenvalue weighted by atomic mass is 35.5. The summed E-state index contributed by atoms with van der Waals surface area (Å²) in [4.78, 5) is 23.9. The maximum absolute atomic E-state index is 12.1. The van der Waals surface area contributed by atoms with Gasteiger partial charge in [0.2, 0.25) is 0 Å². The molecule has 0 aliphatic rings. The Morgan fingerprint density at radius 2 is 1.81 bits per heavy atom. The zero-order valence-corrected chi connectivity index (χ0v) is 14.8. The zero-order chi connectivity index (χ0) is 19.8. The summed E-state index contributed by atoms with van der Waals surface area (Å²) in [5.74, 6) is -0.899. The Morgan fingerprint density at radius 1 is 1.11 bits per heavy atom. The number of hydrazine groups is 1. The normalized spacial score (nSPS) is 10.7. The van der Waals surface area contributed by atoms with E-state index in [9.17, 15) is 18.4 Å². The van der Waals surface area contributed by atoms with Crippen LogP contribution in [0.1, 0.15) is 15.9 Å². The van der Waals surface area contributed by atoms with Crippen molar-refractivity contribution >= 4 is 29.5 Å². The Morgan fingerprint density at radius 3 is 2.44 bits per heavy atom. The van der Waals surface area contributed by atoms with Gasteiger partial charge in [-0.15, -0.1) is 0 Å². The van der Waals surface area contributed by atoms with Gasteiger partial charge in [0.25, 0.3) is 11.8 Å². The van der Waals surface area contributed by atoms with Crippen LogP contribution in [0.2, 0.25) is 5.02 Å². The highest BCUT2D eigenvalue weighted by Gasteiger charge is 2.13. The Hall–Kier alpha value is -3.13. The number of amides is 2. The molecule has 142 valence electrons. The van der Waals surface area contributed by atoms with Crippen LogP contribution < -0.4 is 20.3 Å². The van der Waals surface area contributed by atoms with Crippen LogP contribution >= 0.6 is 11.6 Å². The summed E-state index contributed by atoms with van der Waals surface area (Å²) in [7, 11) is 1.40. The molecule has 2 N–H and O–H groups in total. The number of carbonyl (C=O) groups excluding carboxylic acids is 2. The first-order valence-corrected chi connectivity index (χ1v) is 7.93. The predicted octanol–water partition coefficient (Wildman–Crippen LogP) is 3.42. The van der Waals surface area contributed by atoms with Gasteiger partial charge in [-0.3, -0.25) is 20.4 Å². The summed E-state index contributed by atoms with van der Waals surface area (Å²) < 4.78 is 33.4. The van der Waals surface area contributed by atoms with E-state index in [-0.39, 0.29) is 11.3 Å². The molecule has 0 bridgehead atoms. The first kappa shape index (κ1) is 20.2. The second kappa shape index (κ2) is 9.54. The molecular weight excluding hydrogens is 382 g/mol. The van der Waals surface area contributed by atoms with E-state index < -0.39 is 18.4 Å². The number of rotatable bonds is 6. The summed E-state index contributed by atoms with van der Waals surface area (Å²) in [6, 6.07) is 10.2. The average Bonchev–Trinajstić information content (AvgIpc) is 2.65. The molecule has 0 radical (unpaired) electrons. The van der Waals surface area contributed by atoms with Gasteiger partial charge in [0, 0.05) is 11.1 Å². The summed E-state index contributed by atoms with van der Waals surface area (Å²) in [5, 5.41) is 0.339. The fraction of sp³-hybridized carbons (Fsp3) is 0.111. The molecule has 2 rings (SSSR count). The number of carbonyl (C=O) groups is 2. The van der Waals surface area contributed by atoms with E-state index in [1.807, 2.05) is 0 Å². The molecule has 0 spiro atoms. The highest BCUT2D eigenvalue weighted by molar-refractivity contribution is 6.31. The lowest BCUT2D eigenvalue weighted by atomic mass is 10.2. The third-order valence-corrected chi connectivity index (χ3v) is 3.47. The zero-order valence-electron chi connectivity index (χ0n) is 14.0. The van der Waals surface area contributed by atoms with Crippen molar-refractivity contribution in [3.8, 4) is 11.5 Å². The molecule has 0 fully saturated rings. The van der Waals surface area contributed by atoms with E-state index >= 15 is 0 Å². The first-order valence-electron chi connectivity index (χ1n) is 7.56. The third-order valence-electron chi connectivity index (χ3n) is 3.24. The van der Waals surface area contributed by atoms with Crippen molar-refractivity contribution in [2.24, 2.45) is 0 Å². The van der Waals surface area contributed by atoms with Gasteiger partial charge in [0.1, 0.15) is 11.5 Å². The number of methoxy groups -OCH3 is 1. The van der Waals surface area contributed by atoms with E-state index in [1.54, 1.807) is 6.07 Å². The Labute approximate surface area is 158 Å². The van der Waals surface area contributed by atoms with Crippen molar-refractivity contribution in [3.05, 3.63) is 64.7 Å². The van der Waals surface area contributed by atoms with Crippen LogP contribution in [0.25, 0.3) is 6.08 Å². The van der Waals surface area contributed by atoms with Crippen LogP contribution in [-0.4, -0.2) is 25.5 Å². The van der Waals surface area contributed by atoms with Gasteiger partial charge in [0.05, 0.1) is 12.7 Å². The fourth-order valence-corrected chi connectivity index (χ4v) is 2.19. The lowest BCUT2D eigenvalue weighted by Crippen LogP contribution is -2.40. The molecule has 27 heavy (non-hydrogen) atoms. The van der Waals surface area contributed by atoms with Crippen LogP contribution in [0.5, 0.6) is 11.5 Å². The average molecular weight is 397 g/mol. The topological polar surface area (TPSA) is 76.7 Å². The predicted molar refractivity (Wildman–Crippen MR) is 95.7 cm³/mol. The third kappa shape index (κ3) is 6.27. The van der Waals surface area contributed by atoms with Gasteiger partial charge >= 0.3 is 6.61 Å². The van der Waals surface area contributed by atoms with Crippen LogP contribution in [0.15, 0.2) is 48.5 Å². The van der Waals surface area contributed by atoms with Crippen LogP contribution in [0, 0.1) is 0 Å². The summed E-state index contributed by atoms with van der Waals surface area (Å²) in [5.41, 5.74) is 5.18. The van der Waals surface area contributed by atoms with Crippen LogP contribution in [0.3, 0.4) is 0 Å². The molecule has 2 aromatic carbocycles. The Balaban J connectivity index is 1.91. The molecular formula is C18H15ClF2N2O4.